The molecule has 0 saturated heterocycles. The van der Waals surface area contributed by atoms with Crippen LogP contribution in [0.2, 0.25) is 0 Å². The summed E-state index contributed by atoms with van der Waals surface area (Å²) in [4.78, 5) is 24.2. The first-order chi connectivity index (χ1) is 8.84. The molecular formula is C9H8F3N3O3S. The zero-order chi connectivity index (χ0) is 14.5. The van der Waals surface area contributed by atoms with Gasteiger partial charge in [0.05, 0.1) is 5.56 Å². The maximum Gasteiger partial charge on any atom is 0.417 e. The minimum Gasteiger partial charge on any atom is -0.480 e. The van der Waals surface area contributed by atoms with E-state index in [9.17, 15) is 22.9 Å². The van der Waals surface area contributed by atoms with Gasteiger partial charge in [-0.2, -0.15) is 13.2 Å². The van der Waals surface area contributed by atoms with Gasteiger partial charge in [0.2, 0.25) is 0 Å². The summed E-state index contributed by atoms with van der Waals surface area (Å²) < 4.78 is 39.3. The van der Waals surface area contributed by atoms with Crippen LogP contribution in [0.3, 0.4) is 0 Å². The van der Waals surface area contributed by atoms with Gasteiger partial charge >= 0.3 is 12.1 Å². The number of aromatic nitrogens is 1. The van der Waals surface area contributed by atoms with Gasteiger partial charge in [-0.1, -0.05) is 0 Å². The summed E-state index contributed by atoms with van der Waals surface area (Å²) in [7, 11) is 0. The van der Waals surface area contributed by atoms with Crippen molar-refractivity contribution in [3.8, 4) is 0 Å². The van der Waals surface area contributed by atoms with Crippen LogP contribution in [0.15, 0.2) is 22.9 Å². The minimum absolute atomic E-state index is 0.0353. The number of anilines is 1. The fourth-order valence-electron chi connectivity index (χ4n) is 1.11. The molecule has 0 aliphatic carbocycles. The molecule has 1 aromatic rings. The predicted molar refractivity (Wildman–Crippen MR) is 62.5 cm³/mol. The summed E-state index contributed by atoms with van der Waals surface area (Å²) in [6, 6.07) is 0.615. The van der Waals surface area contributed by atoms with Crippen molar-refractivity contribution in [2.24, 2.45) is 4.58 Å². The van der Waals surface area contributed by atoms with Gasteiger partial charge in [-0.3, -0.25) is 0 Å². The number of aliphatic carboxylic acids is 1. The molecule has 1 atom stereocenters. The molecule has 10 heteroatoms. The normalized spacial score (nSPS) is 12.8. The van der Waals surface area contributed by atoms with Gasteiger partial charge in [-0.25, -0.2) is 9.78 Å². The molecule has 1 aromatic heterocycles. The zero-order valence-corrected chi connectivity index (χ0v) is 10.0. The Morgan fingerprint density at radius 2 is 2.21 bits per heavy atom. The standard InChI is InChI=1S/C9H8F3N3O3S/c10-9(11,12)5-1-2-7(13-3-5)14-6(8(16)17)4-19-15-18/h1-3,6H,4H2,(H,13,14)(H,16,17). The number of halogens is 3. The van der Waals surface area contributed by atoms with Gasteiger partial charge in [-0.05, 0) is 12.1 Å². The number of nitrogens with zero attached hydrogens (tertiary/aromatic N) is 2. The number of carbonyl (C=O) groups is 1. The number of rotatable bonds is 6. The van der Waals surface area contributed by atoms with Crippen molar-refractivity contribution in [1.82, 2.24) is 4.98 Å². The van der Waals surface area contributed by atoms with E-state index in [2.05, 4.69) is 14.9 Å². The third kappa shape index (κ3) is 4.73. The summed E-state index contributed by atoms with van der Waals surface area (Å²) in [5.41, 5.74) is -0.936. The van der Waals surface area contributed by atoms with Crippen molar-refractivity contribution in [2.45, 2.75) is 12.2 Å². The number of hydrogen-bond donors (Lipinski definition) is 2. The van der Waals surface area contributed by atoms with Crippen molar-refractivity contribution in [3.63, 3.8) is 0 Å². The van der Waals surface area contributed by atoms with E-state index in [1.54, 1.807) is 0 Å². The lowest BCUT2D eigenvalue weighted by Gasteiger charge is -2.13. The molecule has 0 spiro atoms. The van der Waals surface area contributed by atoms with Crippen LogP contribution in [-0.2, 0) is 11.0 Å². The minimum atomic E-state index is -4.50. The number of carboxylic acids is 1. The summed E-state index contributed by atoms with van der Waals surface area (Å²) >= 11 is 0.490. The number of carboxylic acid groups (broad SMARTS) is 1. The van der Waals surface area contributed by atoms with Crippen molar-refractivity contribution in [1.29, 1.82) is 0 Å². The Hall–Kier alpha value is -1.84. The first-order valence-electron chi connectivity index (χ1n) is 4.82. The molecule has 1 rings (SSSR count). The van der Waals surface area contributed by atoms with Crippen LogP contribution >= 0.6 is 11.9 Å². The van der Waals surface area contributed by atoms with E-state index in [1.807, 2.05) is 0 Å². The molecule has 0 aliphatic heterocycles. The first-order valence-corrected chi connectivity index (χ1v) is 5.76. The second kappa shape index (κ2) is 6.36. The Morgan fingerprint density at radius 1 is 1.53 bits per heavy atom. The lowest BCUT2D eigenvalue weighted by Crippen LogP contribution is -2.31. The monoisotopic (exact) mass is 295 g/mol. The largest absolute Gasteiger partial charge is 0.480 e. The summed E-state index contributed by atoms with van der Waals surface area (Å²) in [5, 5.41) is 11.2. The molecule has 0 bridgehead atoms. The second-order valence-electron chi connectivity index (χ2n) is 3.34. The Labute approximate surface area is 109 Å². The number of alkyl halides is 3. The van der Waals surface area contributed by atoms with E-state index in [4.69, 9.17) is 5.11 Å². The molecule has 19 heavy (non-hydrogen) atoms. The highest BCUT2D eigenvalue weighted by atomic mass is 32.2. The topological polar surface area (TPSA) is 91.7 Å². The molecule has 104 valence electrons. The highest BCUT2D eigenvalue weighted by molar-refractivity contribution is 7.97. The van der Waals surface area contributed by atoms with Crippen LogP contribution in [0.1, 0.15) is 5.56 Å². The highest BCUT2D eigenvalue weighted by Gasteiger charge is 2.30. The Kier molecular flexibility index (Phi) is 5.10. The average molecular weight is 295 g/mol. The molecule has 0 amide bonds. The Morgan fingerprint density at radius 3 is 2.63 bits per heavy atom. The molecule has 0 radical (unpaired) electrons. The SMILES string of the molecule is O=NSCC(Nc1ccc(C(F)(F)F)cn1)C(=O)O. The second-order valence-corrected chi connectivity index (χ2v) is 4.08. The predicted octanol–water partition coefficient (Wildman–Crippen LogP) is 2.38. The van der Waals surface area contributed by atoms with Crippen molar-refractivity contribution >= 4 is 23.7 Å². The number of nitrogens with one attached hydrogen (secondary N) is 1. The smallest absolute Gasteiger partial charge is 0.417 e. The molecule has 0 saturated carbocycles. The van der Waals surface area contributed by atoms with Gasteiger partial charge in [0.25, 0.3) is 0 Å². The third-order valence-electron chi connectivity index (χ3n) is 2.00. The molecule has 6 nitrogen and oxygen atoms in total. The first kappa shape index (κ1) is 15.2. The maximum atomic E-state index is 12.3. The van der Waals surface area contributed by atoms with Crippen LogP contribution in [0.25, 0.3) is 0 Å². The fourth-order valence-corrected chi connectivity index (χ4v) is 1.54. The molecule has 0 fully saturated rings. The number of pyridine rings is 1. The van der Waals surface area contributed by atoms with Crippen molar-refractivity contribution in [2.75, 3.05) is 11.1 Å². The lowest BCUT2D eigenvalue weighted by molar-refractivity contribution is -0.138. The van der Waals surface area contributed by atoms with E-state index in [1.165, 1.54) is 0 Å². The fraction of sp³-hybridized carbons (Fsp3) is 0.333. The molecular weight excluding hydrogens is 287 g/mol. The molecule has 0 aromatic carbocycles. The van der Waals surface area contributed by atoms with E-state index in [-0.39, 0.29) is 11.6 Å². The van der Waals surface area contributed by atoms with Crippen LogP contribution in [-0.4, -0.2) is 27.9 Å². The van der Waals surface area contributed by atoms with Crippen molar-refractivity contribution in [3.05, 3.63) is 28.8 Å². The van der Waals surface area contributed by atoms with Gasteiger partial charge < -0.3 is 10.4 Å². The Bertz CT molecular complexity index is 452. The van der Waals surface area contributed by atoms with E-state index in [0.717, 1.165) is 12.1 Å². The van der Waals surface area contributed by atoms with Crippen LogP contribution in [0.5, 0.6) is 0 Å². The van der Waals surface area contributed by atoms with E-state index < -0.39 is 23.8 Å². The van der Waals surface area contributed by atoms with Gasteiger partial charge in [0.1, 0.15) is 11.9 Å². The Balaban J connectivity index is 2.75. The molecule has 0 aliphatic rings. The zero-order valence-electron chi connectivity index (χ0n) is 9.22. The molecule has 1 unspecified atom stereocenters. The summed E-state index contributed by atoms with van der Waals surface area (Å²) in [5.74, 6) is -1.47. The quantitative estimate of drug-likeness (QED) is 0.618. The maximum absolute atomic E-state index is 12.3. The van der Waals surface area contributed by atoms with E-state index >= 15 is 0 Å². The summed E-state index contributed by atoms with van der Waals surface area (Å²) in [6.07, 6.45) is -3.92. The average Bonchev–Trinajstić information content (AvgIpc) is 2.33. The molecule has 2 N–H and O–H groups in total. The lowest BCUT2D eigenvalue weighted by atomic mass is 10.2. The van der Waals surface area contributed by atoms with Crippen LogP contribution in [0, 0.1) is 4.91 Å². The van der Waals surface area contributed by atoms with Crippen molar-refractivity contribution < 1.29 is 23.1 Å². The van der Waals surface area contributed by atoms with Gasteiger partial charge in [0.15, 0.2) is 0 Å². The van der Waals surface area contributed by atoms with Gasteiger partial charge in [-0.15, -0.1) is 4.91 Å². The number of hydrogen-bond acceptors (Lipinski definition) is 6. The van der Waals surface area contributed by atoms with E-state index in [0.29, 0.717) is 18.1 Å². The summed E-state index contributed by atoms with van der Waals surface area (Å²) in [6.45, 7) is 0. The third-order valence-corrected chi connectivity index (χ3v) is 2.59. The highest BCUT2D eigenvalue weighted by Crippen LogP contribution is 2.28. The number of nitroso groups, excluding NO2 is 1. The van der Waals surface area contributed by atoms with Gasteiger partial charge in [0, 0.05) is 28.5 Å². The molecule has 1 heterocycles. The van der Waals surface area contributed by atoms with Crippen LogP contribution < -0.4 is 5.32 Å². The van der Waals surface area contributed by atoms with Crippen LogP contribution in [0.4, 0.5) is 19.0 Å².